The SMILES string of the molecule is CC(C)(C)[Si](C)(C)OC(CC(O)CNC(=O)CCl)c1ccc(Cl)c(Cl)c1. The van der Waals surface area contributed by atoms with Crippen molar-refractivity contribution in [3.63, 3.8) is 0 Å². The maximum absolute atomic E-state index is 11.3. The first kappa shape index (κ1) is 23.7. The first-order valence-electron chi connectivity index (χ1n) is 8.51. The zero-order valence-corrected chi connectivity index (χ0v) is 19.2. The highest BCUT2D eigenvalue weighted by atomic mass is 35.5. The number of hydrogen-bond donors (Lipinski definition) is 2. The molecule has 1 rings (SSSR count). The largest absolute Gasteiger partial charge is 0.410 e. The lowest BCUT2D eigenvalue weighted by molar-refractivity contribution is -0.119. The summed E-state index contributed by atoms with van der Waals surface area (Å²) >= 11 is 17.7. The number of amides is 1. The molecule has 4 nitrogen and oxygen atoms in total. The lowest BCUT2D eigenvalue weighted by atomic mass is 10.0. The highest BCUT2D eigenvalue weighted by molar-refractivity contribution is 6.74. The third-order valence-corrected chi connectivity index (χ3v) is 10.2. The van der Waals surface area contributed by atoms with Gasteiger partial charge in [0.15, 0.2) is 8.32 Å². The van der Waals surface area contributed by atoms with Crippen LogP contribution in [0.25, 0.3) is 0 Å². The van der Waals surface area contributed by atoms with Gasteiger partial charge in [0, 0.05) is 13.0 Å². The summed E-state index contributed by atoms with van der Waals surface area (Å²) in [4.78, 5) is 11.3. The van der Waals surface area contributed by atoms with E-state index in [0.29, 0.717) is 16.5 Å². The molecule has 0 aliphatic heterocycles. The molecule has 26 heavy (non-hydrogen) atoms. The summed E-state index contributed by atoms with van der Waals surface area (Å²) in [7, 11) is -2.10. The molecular weight excluding hydrogens is 413 g/mol. The van der Waals surface area contributed by atoms with Gasteiger partial charge in [-0.3, -0.25) is 4.79 Å². The monoisotopic (exact) mass is 439 g/mol. The lowest BCUT2D eigenvalue weighted by Gasteiger charge is -2.40. The number of aliphatic hydroxyl groups is 1. The van der Waals surface area contributed by atoms with Crippen molar-refractivity contribution in [2.24, 2.45) is 0 Å². The van der Waals surface area contributed by atoms with Gasteiger partial charge in [0.05, 0.1) is 22.3 Å². The molecular formula is C18H28Cl3NO3Si. The fourth-order valence-electron chi connectivity index (χ4n) is 2.11. The van der Waals surface area contributed by atoms with Gasteiger partial charge in [-0.15, -0.1) is 11.6 Å². The minimum atomic E-state index is -2.10. The van der Waals surface area contributed by atoms with Gasteiger partial charge in [0.25, 0.3) is 0 Å². The molecule has 2 unspecified atom stereocenters. The molecule has 1 aromatic rings. The molecule has 2 N–H and O–H groups in total. The second-order valence-corrected chi connectivity index (χ2v) is 13.7. The van der Waals surface area contributed by atoms with Crippen LogP contribution in [0.2, 0.25) is 28.2 Å². The zero-order chi connectivity index (χ0) is 20.1. The Labute approximate surface area is 172 Å². The summed E-state index contributed by atoms with van der Waals surface area (Å²) in [6.07, 6.45) is -0.799. The van der Waals surface area contributed by atoms with Crippen molar-refractivity contribution < 1.29 is 14.3 Å². The maximum Gasteiger partial charge on any atom is 0.235 e. The summed E-state index contributed by atoms with van der Waals surface area (Å²) in [6.45, 7) is 10.9. The summed E-state index contributed by atoms with van der Waals surface area (Å²) < 4.78 is 6.53. The standard InChI is InChI=1S/C18H28Cl3NO3Si/c1-18(2,3)26(4,5)25-16(9-13(23)11-22-17(24)10-19)12-6-7-14(20)15(21)8-12/h6-8,13,16,23H,9-11H2,1-5H3,(H,22,24). The molecule has 0 saturated heterocycles. The fraction of sp³-hybridized carbons (Fsp3) is 0.611. The van der Waals surface area contributed by atoms with Gasteiger partial charge in [-0.05, 0) is 35.8 Å². The van der Waals surface area contributed by atoms with Crippen molar-refractivity contribution in [3.05, 3.63) is 33.8 Å². The van der Waals surface area contributed by atoms with Gasteiger partial charge < -0.3 is 14.8 Å². The molecule has 0 heterocycles. The van der Waals surface area contributed by atoms with Crippen LogP contribution in [0.4, 0.5) is 0 Å². The van der Waals surface area contributed by atoms with Crippen molar-refractivity contribution in [1.82, 2.24) is 5.32 Å². The van der Waals surface area contributed by atoms with E-state index in [-0.39, 0.29) is 29.5 Å². The number of alkyl halides is 1. The predicted octanol–water partition coefficient (Wildman–Crippen LogP) is 5.16. The van der Waals surface area contributed by atoms with Gasteiger partial charge >= 0.3 is 0 Å². The van der Waals surface area contributed by atoms with Gasteiger partial charge in [-0.1, -0.05) is 50.0 Å². The molecule has 0 bridgehead atoms. The molecule has 2 atom stereocenters. The van der Waals surface area contributed by atoms with Crippen LogP contribution in [0.5, 0.6) is 0 Å². The van der Waals surface area contributed by atoms with Crippen LogP contribution in [-0.2, 0) is 9.22 Å². The number of benzene rings is 1. The normalized spacial score (nSPS) is 14.8. The highest BCUT2D eigenvalue weighted by Crippen LogP contribution is 2.41. The Morgan fingerprint density at radius 1 is 1.27 bits per heavy atom. The molecule has 0 fully saturated rings. The second-order valence-electron chi connectivity index (χ2n) is 7.87. The highest BCUT2D eigenvalue weighted by Gasteiger charge is 2.39. The number of carbonyl (C=O) groups is 1. The minimum Gasteiger partial charge on any atom is -0.410 e. The zero-order valence-electron chi connectivity index (χ0n) is 15.9. The number of halogens is 3. The Bertz CT molecular complexity index is 620. The van der Waals surface area contributed by atoms with Crippen LogP contribution >= 0.6 is 34.8 Å². The van der Waals surface area contributed by atoms with E-state index in [1.165, 1.54) is 0 Å². The Morgan fingerprint density at radius 2 is 1.88 bits per heavy atom. The van der Waals surface area contributed by atoms with E-state index in [0.717, 1.165) is 5.56 Å². The average molecular weight is 441 g/mol. The topological polar surface area (TPSA) is 58.6 Å². The lowest BCUT2D eigenvalue weighted by Crippen LogP contribution is -2.43. The van der Waals surface area contributed by atoms with Gasteiger partial charge in [-0.25, -0.2) is 0 Å². The molecule has 0 aliphatic rings. The van der Waals surface area contributed by atoms with Crippen LogP contribution in [0, 0.1) is 0 Å². The maximum atomic E-state index is 11.3. The Morgan fingerprint density at radius 3 is 2.38 bits per heavy atom. The van der Waals surface area contributed by atoms with Crippen molar-refractivity contribution in [3.8, 4) is 0 Å². The number of carbonyl (C=O) groups excluding carboxylic acids is 1. The van der Waals surface area contributed by atoms with Gasteiger partial charge in [0.2, 0.25) is 5.91 Å². The van der Waals surface area contributed by atoms with E-state index in [1.54, 1.807) is 12.1 Å². The van der Waals surface area contributed by atoms with Crippen molar-refractivity contribution in [2.75, 3.05) is 12.4 Å². The molecule has 1 amide bonds. The van der Waals surface area contributed by atoms with Gasteiger partial charge in [-0.2, -0.15) is 0 Å². The van der Waals surface area contributed by atoms with Crippen LogP contribution < -0.4 is 5.32 Å². The summed E-state index contributed by atoms with van der Waals surface area (Å²) in [5.41, 5.74) is 0.854. The van der Waals surface area contributed by atoms with E-state index >= 15 is 0 Å². The number of aliphatic hydroxyl groups excluding tert-OH is 1. The Balaban J connectivity index is 3.01. The molecule has 8 heteroatoms. The number of rotatable bonds is 8. The summed E-state index contributed by atoms with van der Waals surface area (Å²) in [5, 5.41) is 13.9. The van der Waals surface area contributed by atoms with E-state index in [9.17, 15) is 9.90 Å². The third kappa shape index (κ3) is 7.02. The van der Waals surface area contributed by atoms with Crippen LogP contribution in [-0.4, -0.2) is 37.9 Å². The van der Waals surface area contributed by atoms with Crippen molar-refractivity contribution >= 4 is 49.0 Å². The predicted molar refractivity (Wildman–Crippen MR) is 112 cm³/mol. The number of hydrogen-bond acceptors (Lipinski definition) is 3. The van der Waals surface area contributed by atoms with Crippen molar-refractivity contribution in [1.29, 1.82) is 0 Å². The Hall–Kier alpha value is -0.303. The molecule has 148 valence electrons. The average Bonchev–Trinajstić information content (AvgIpc) is 2.53. The minimum absolute atomic E-state index is 0.0132. The quantitative estimate of drug-likeness (QED) is 0.433. The van der Waals surface area contributed by atoms with E-state index in [2.05, 4.69) is 39.2 Å². The summed E-state index contributed by atoms with van der Waals surface area (Å²) in [5.74, 6) is -0.453. The molecule has 0 radical (unpaired) electrons. The van der Waals surface area contributed by atoms with E-state index in [4.69, 9.17) is 39.2 Å². The van der Waals surface area contributed by atoms with Crippen LogP contribution in [0.15, 0.2) is 18.2 Å². The van der Waals surface area contributed by atoms with Crippen molar-refractivity contribution in [2.45, 2.75) is 57.5 Å². The molecule has 1 aromatic carbocycles. The van der Waals surface area contributed by atoms with E-state index in [1.807, 2.05) is 6.07 Å². The molecule has 0 aromatic heterocycles. The third-order valence-electron chi connectivity index (χ3n) is 4.70. The van der Waals surface area contributed by atoms with Crippen LogP contribution in [0.1, 0.15) is 38.9 Å². The molecule has 0 saturated carbocycles. The Kier molecular flexibility index (Phi) is 8.91. The number of nitrogens with one attached hydrogen (secondary N) is 1. The first-order valence-corrected chi connectivity index (χ1v) is 12.7. The second kappa shape index (κ2) is 9.76. The van der Waals surface area contributed by atoms with Crippen LogP contribution in [0.3, 0.4) is 0 Å². The first-order chi connectivity index (χ1) is 11.9. The fourth-order valence-corrected chi connectivity index (χ4v) is 3.80. The smallest absolute Gasteiger partial charge is 0.235 e. The molecule has 0 aliphatic carbocycles. The van der Waals surface area contributed by atoms with E-state index < -0.39 is 14.4 Å². The van der Waals surface area contributed by atoms with Gasteiger partial charge in [0.1, 0.15) is 5.88 Å². The summed E-state index contributed by atoms with van der Waals surface area (Å²) in [6, 6.07) is 5.35. The molecule has 0 spiro atoms.